The first kappa shape index (κ1) is 19.8. The Morgan fingerprint density at radius 2 is 2.11 bits per heavy atom. The number of piperazine rings is 1. The van der Waals surface area contributed by atoms with Crippen molar-refractivity contribution in [1.29, 1.82) is 0 Å². The predicted octanol–water partition coefficient (Wildman–Crippen LogP) is -0.771. The van der Waals surface area contributed by atoms with Crippen LogP contribution in [0.3, 0.4) is 0 Å². The largest absolute Gasteiger partial charge is 0.354 e. The molecular formula is C16H22N4O5S2. The van der Waals surface area contributed by atoms with Crippen LogP contribution in [0.4, 0.5) is 0 Å². The van der Waals surface area contributed by atoms with Crippen molar-refractivity contribution in [3.8, 4) is 0 Å². The molecule has 0 bridgehead atoms. The second-order valence-electron chi connectivity index (χ2n) is 6.61. The van der Waals surface area contributed by atoms with Gasteiger partial charge in [-0.3, -0.25) is 14.4 Å². The molecular weight excluding hydrogens is 392 g/mol. The summed E-state index contributed by atoms with van der Waals surface area (Å²) in [6.07, 6.45) is 2.33. The van der Waals surface area contributed by atoms with Gasteiger partial charge in [0.05, 0.1) is 11.1 Å². The number of carbonyl (C=O) groups excluding carboxylic acids is 3. The minimum atomic E-state index is -3.50. The van der Waals surface area contributed by atoms with Crippen LogP contribution in [0.5, 0.6) is 0 Å². The third-order valence-corrected chi connectivity index (χ3v) is 6.84. The van der Waals surface area contributed by atoms with Gasteiger partial charge >= 0.3 is 0 Å². The minimum absolute atomic E-state index is 0.110. The van der Waals surface area contributed by atoms with E-state index in [1.54, 1.807) is 17.5 Å². The SMILES string of the molecule is CS(=O)(=O)N1CCN(C(=O)c2cccs2)C(C(=O)NC2CCCNC2=O)C1. The van der Waals surface area contributed by atoms with Crippen LogP contribution in [0.2, 0.25) is 0 Å². The van der Waals surface area contributed by atoms with E-state index in [1.165, 1.54) is 20.5 Å². The second kappa shape index (κ2) is 7.95. The number of piperidine rings is 1. The first-order valence-electron chi connectivity index (χ1n) is 8.65. The summed E-state index contributed by atoms with van der Waals surface area (Å²) in [4.78, 5) is 39.5. The summed E-state index contributed by atoms with van der Waals surface area (Å²) in [5.41, 5.74) is 0. The Balaban J connectivity index is 1.80. The Bertz CT molecular complexity index is 824. The van der Waals surface area contributed by atoms with Crippen molar-refractivity contribution in [2.24, 2.45) is 0 Å². The van der Waals surface area contributed by atoms with E-state index in [-0.39, 0.29) is 31.4 Å². The first-order chi connectivity index (χ1) is 12.8. The molecule has 3 heterocycles. The smallest absolute Gasteiger partial charge is 0.264 e. The lowest BCUT2D eigenvalue weighted by molar-refractivity contribution is -0.133. The van der Waals surface area contributed by atoms with E-state index < -0.39 is 28.0 Å². The van der Waals surface area contributed by atoms with Crippen molar-refractivity contribution >= 4 is 39.1 Å². The van der Waals surface area contributed by atoms with E-state index >= 15 is 0 Å². The quantitative estimate of drug-likeness (QED) is 0.671. The molecule has 3 rings (SSSR count). The van der Waals surface area contributed by atoms with E-state index in [0.717, 1.165) is 12.7 Å². The van der Waals surface area contributed by atoms with Crippen LogP contribution in [0.25, 0.3) is 0 Å². The van der Waals surface area contributed by atoms with Crippen molar-refractivity contribution in [2.75, 3.05) is 32.4 Å². The van der Waals surface area contributed by atoms with Crippen molar-refractivity contribution in [3.63, 3.8) is 0 Å². The van der Waals surface area contributed by atoms with Gasteiger partial charge in [0.1, 0.15) is 12.1 Å². The fourth-order valence-corrected chi connectivity index (χ4v) is 4.75. The molecule has 9 nitrogen and oxygen atoms in total. The van der Waals surface area contributed by atoms with Gasteiger partial charge < -0.3 is 15.5 Å². The lowest BCUT2D eigenvalue weighted by Crippen LogP contribution is -2.63. The summed E-state index contributed by atoms with van der Waals surface area (Å²) >= 11 is 1.26. The Morgan fingerprint density at radius 1 is 1.33 bits per heavy atom. The van der Waals surface area contributed by atoms with Crippen LogP contribution in [0.1, 0.15) is 22.5 Å². The number of sulfonamides is 1. The maximum absolute atomic E-state index is 12.9. The fraction of sp³-hybridized carbons (Fsp3) is 0.562. The molecule has 27 heavy (non-hydrogen) atoms. The lowest BCUT2D eigenvalue weighted by Gasteiger charge is -2.39. The Kier molecular flexibility index (Phi) is 5.82. The zero-order valence-corrected chi connectivity index (χ0v) is 16.5. The topological polar surface area (TPSA) is 116 Å². The van der Waals surface area contributed by atoms with Crippen LogP contribution in [-0.4, -0.2) is 79.9 Å². The van der Waals surface area contributed by atoms with Gasteiger partial charge in [-0.05, 0) is 24.3 Å². The summed E-state index contributed by atoms with van der Waals surface area (Å²) < 4.78 is 25.1. The number of thiophene rings is 1. The number of hydrogen-bond donors (Lipinski definition) is 2. The molecule has 3 amide bonds. The predicted molar refractivity (Wildman–Crippen MR) is 99.7 cm³/mol. The fourth-order valence-electron chi connectivity index (χ4n) is 3.25. The molecule has 1 aromatic heterocycles. The molecule has 0 aromatic carbocycles. The van der Waals surface area contributed by atoms with E-state index in [9.17, 15) is 22.8 Å². The van der Waals surface area contributed by atoms with Crippen LogP contribution in [0.15, 0.2) is 17.5 Å². The normalized spacial score (nSPS) is 24.3. The van der Waals surface area contributed by atoms with Gasteiger partial charge in [0.15, 0.2) is 0 Å². The molecule has 0 saturated carbocycles. The van der Waals surface area contributed by atoms with Crippen LogP contribution in [0, 0.1) is 0 Å². The van der Waals surface area contributed by atoms with Crippen molar-refractivity contribution < 1.29 is 22.8 Å². The van der Waals surface area contributed by atoms with Gasteiger partial charge in [-0.2, -0.15) is 4.31 Å². The molecule has 2 fully saturated rings. The molecule has 2 aliphatic heterocycles. The highest BCUT2D eigenvalue weighted by atomic mass is 32.2. The number of nitrogens with zero attached hydrogens (tertiary/aromatic N) is 2. The van der Waals surface area contributed by atoms with E-state index in [4.69, 9.17) is 0 Å². The molecule has 2 aliphatic rings. The van der Waals surface area contributed by atoms with Crippen molar-refractivity contribution in [3.05, 3.63) is 22.4 Å². The molecule has 0 radical (unpaired) electrons. The number of nitrogens with one attached hydrogen (secondary N) is 2. The maximum Gasteiger partial charge on any atom is 0.264 e. The van der Waals surface area contributed by atoms with Crippen molar-refractivity contribution in [1.82, 2.24) is 19.8 Å². The third-order valence-electron chi connectivity index (χ3n) is 4.71. The molecule has 2 saturated heterocycles. The average molecular weight is 415 g/mol. The minimum Gasteiger partial charge on any atom is -0.354 e. The summed E-state index contributed by atoms with van der Waals surface area (Å²) in [5.74, 6) is -1.09. The average Bonchev–Trinajstić information content (AvgIpc) is 3.16. The molecule has 148 valence electrons. The summed E-state index contributed by atoms with van der Waals surface area (Å²) in [7, 11) is -3.50. The van der Waals surface area contributed by atoms with Crippen LogP contribution < -0.4 is 10.6 Å². The van der Waals surface area contributed by atoms with Gasteiger partial charge in [0.2, 0.25) is 21.8 Å². The van der Waals surface area contributed by atoms with Gasteiger partial charge in [0.25, 0.3) is 5.91 Å². The van der Waals surface area contributed by atoms with Crippen LogP contribution in [-0.2, 0) is 19.6 Å². The van der Waals surface area contributed by atoms with Crippen LogP contribution >= 0.6 is 11.3 Å². The molecule has 2 atom stereocenters. The number of hydrogen-bond acceptors (Lipinski definition) is 6. The highest BCUT2D eigenvalue weighted by Gasteiger charge is 2.40. The number of amides is 3. The Hall–Kier alpha value is -1.98. The summed E-state index contributed by atoms with van der Waals surface area (Å²) in [5, 5.41) is 7.13. The zero-order valence-electron chi connectivity index (χ0n) is 14.9. The lowest BCUT2D eigenvalue weighted by atomic mass is 10.1. The third kappa shape index (κ3) is 4.47. The molecule has 2 unspecified atom stereocenters. The monoisotopic (exact) mass is 414 g/mol. The van der Waals surface area contributed by atoms with E-state index in [2.05, 4.69) is 10.6 Å². The van der Waals surface area contributed by atoms with Gasteiger partial charge in [0, 0.05) is 26.2 Å². The highest BCUT2D eigenvalue weighted by molar-refractivity contribution is 7.88. The Labute approximate surface area is 161 Å². The molecule has 11 heteroatoms. The number of carbonyl (C=O) groups is 3. The van der Waals surface area contributed by atoms with Gasteiger partial charge in [-0.15, -0.1) is 11.3 Å². The molecule has 2 N–H and O–H groups in total. The molecule has 1 aromatic rings. The van der Waals surface area contributed by atoms with Gasteiger partial charge in [-0.25, -0.2) is 8.42 Å². The Morgan fingerprint density at radius 3 is 2.74 bits per heavy atom. The maximum atomic E-state index is 12.9. The molecule has 0 spiro atoms. The first-order valence-corrected chi connectivity index (χ1v) is 11.4. The van der Waals surface area contributed by atoms with Gasteiger partial charge in [-0.1, -0.05) is 6.07 Å². The van der Waals surface area contributed by atoms with E-state index in [0.29, 0.717) is 17.8 Å². The number of rotatable bonds is 4. The second-order valence-corrected chi connectivity index (χ2v) is 9.54. The standard InChI is InChI=1S/C16H22N4O5S2/c1-27(24,25)19-7-8-20(16(23)13-5-3-9-26-13)12(10-19)15(22)18-11-4-2-6-17-14(11)21/h3,5,9,11-12H,2,4,6-8,10H2,1H3,(H,17,21)(H,18,22). The summed E-state index contributed by atoms with van der Waals surface area (Å²) in [6, 6.07) is 1.75. The van der Waals surface area contributed by atoms with E-state index in [1.807, 2.05) is 0 Å². The molecule has 0 aliphatic carbocycles. The highest BCUT2D eigenvalue weighted by Crippen LogP contribution is 2.19. The van der Waals surface area contributed by atoms with Crippen molar-refractivity contribution in [2.45, 2.75) is 24.9 Å². The zero-order chi connectivity index (χ0) is 19.6. The summed E-state index contributed by atoms with van der Waals surface area (Å²) in [6.45, 7) is 0.679.